The highest BCUT2D eigenvalue weighted by Gasteiger charge is 2.27. The van der Waals surface area contributed by atoms with Gasteiger partial charge in [0.1, 0.15) is 12.1 Å². The molecule has 26 heavy (non-hydrogen) atoms. The standard InChI is InChI=1S/C16H31N5O5/c1-9(2)13(15(24)20-10(3)16(25)26)21-12(22)8-19-14(23)11(18)6-4-5-7-17/h9-11,13H,4-8,17-18H2,1-3H3,(H,19,23)(H,20,24)(H,21,22)(H,25,26). The molecule has 0 fully saturated rings. The lowest BCUT2D eigenvalue weighted by molar-refractivity contribution is -0.142. The van der Waals surface area contributed by atoms with E-state index in [4.69, 9.17) is 16.6 Å². The molecule has 0 aliphatic heterocycles. The molecule has 3 atom stereocenters. The lowest BCUT2D eigenvalue weighted by Crippen LogP contribution is -2.55. The quantitative estimate of drug-likeness (QED) is 0.221. The van der Waals surface area contributed by atoms with Crippen LogP contribution in [0.3, 0.4) is 0 Å². The number of nitrogens with two attached hydrogens (primary N) is 2. The van der Waals surface area contributed by atoms with Crippen LogP contribution in [-0.4, -0.2) is 60.0 Å². The largest absolute Gasteiger partial charge is 0.480 e. The Morgan fingerprint density at radius 2 is 1.62 bits per heavy atom. The number of unbranched alkanes of at least 4 members (excludes halogenated alkanes) is 1. The minimum absolute atomic E-state index is 0.269. The Balaban J connectivity index is 4.48. The van der Waals surface area contributed by atoms with E-state index in [1.165, 1.54) is 6.92 Å². The Morgan fingerprint density at radius 3 is 2.12 bits per heavy atom. The second-order valence-electron chi connectivity index (χ2n) is 6.47. The van der Waals surface area contributed by atoms with E-state index in [9.17, 15) is 19.2 Å². The zero-order valence-electron chi connectivity index (χ0n) is 15.6. The van der Waals surface area contributed by atoms with Crippen LogP contribution in [0.15, 0.2) is 0 Å². The van der Waals surface area contributed by atoms with E-state index in [2.05, 4.69) is 16.0 Å². The predicted molar refractivity (Wildman–Crippen MR) is 95.9 cm³/mol. The summed E-state index contributed by atoms with van der Waals surface area (Å²) in [5, 5.41) is 16.1. The molecule has 3 amide bonds. The van der Waals surface area contributed by atoms with Gasteiger partial charge in [0.15, 0.2) is 0 Å². The SMILES string of the molecule is CC(NC(=O)C(NC(=O)CNC(=O)C(N)CCCCN)C(C)C)C(=O)O. The number of carboxylic acids is 1. The van der Waals surface area contributed by atoms with Crippen molar-refractivity contribution in [2.24, 2.45) is 17.4 Å². The van der Waals surface area contributed by atoms with E-state index in [1.807, 2.05) is 0 Å². The number of carboxylic acid groups (broad SMARTS) is 1. The van der Waals surface area contributed by atoms with E-state index in [-0.39, 0.29) is 12.5 Å². The molecule has 0 spiro atoms. The van der Waals surface area contributed by atoms with E-state index in [1.54, 1.807) is 13.8 Å². The molecule has 0 aromatic carbocycles. The fraction of sp³-hybridized carbons (Fsp3) is 0.750. The third-order valence-electron chi connectivity index (χ3n) is 3.72. The Morgan fingerprint density at radius 1 is 1.00 bits per heavy atom. The van der Waals surface area contributed by atoms with Crippen molar-refractivity contribution in [1.29, 1.82) is 0 Å². The van der Waals surface area contributed by atoms with Gasteiger partial charge in [0, 0.05) is 0 Å². The van der Waals surface area contributed by atoms with Crippen LogP contribution in [0.25, 0.3) is 0 Å². The number of hydrogen-bond donors (Lipinski definition) is 6. The lowest BCUT2D eigenvalue weighted by Gasteiger charge is -2.23. The highest BCUT2D eigenvalue weighted by Crippen LogP contribution is 2.03. The number of rotatable bonds is 12. The molecule has 0 radical (unpaired) electrons. The number of aliphatic carboxylic acids is 1. The molecule has 10 heteroatoms. The molecule has 0 aliphatic carbocycles. The van der Waals surface area contributed by atoms with Gasteiger partial charge in [-0.25, -0.2) is 0 Å². The fourth-order valence-electron chi connectivity index (χ4n) is 2.06. The minimum Gasteiger partial charge on any atom is -0.480 e. The summed E-state index contributed by atoms with van der Waals surface area (Å²) in [6.07, 6.45) is 1.95. The van der Waals surface area contributed by atoms with Crippen LogP contribution < -0.4 is 27.4 Å². The van der Waals surface area contributed by atoms with Gasteiger partial charge in [-0.2, -0.15) is 0 Å². The summed E-state index contributed by atoms with van der Waals surface area (Å²) in [5.74, 6) is -3.07. The molecule has 0 aromatic rings. The molecule has 150 valence electrons. The highest BCUT2D eigenvalue weighted by molar-refractivity contribution is 5.92. The molecule has 8 N–H and O–H groups in total. The average Bonchev–Trinajstić information content (AvgIpc) is 2.56. The first-order chi connectivity index (χ1) is 12.1. The Hall–Kier alpha value is -2.20. The number of hydrogen-bond acceptors (Lipinski definition) is 6. The molecular weight excluding hydrogens is 342 g/mol. The average molecular weight is 373 g/mol. The van der Waals surface area contributed by atoms with E-state index >= 15 is 0 Å². The molecule has 0 rings (SSSR count). The highest BCUT2D eigenvalue weighted by atomic mass is 16.4. The zero-order valence-corrected chi connectivity index (χ0v) is 15.6. The van der Waals surface area contributed by atoms with Gasteiger partial charge < -0.3 is 32.5 Å². The summed E-state index contributed by atoms with van der Waals surface area (Å²) in [6, 6.07) is -2.72. The molecule has 3 unspecified atom stereocenters. The van der Waals surface area contributed by atoms with Crippen LogP contribution in [0.4, 0.5) is 0 Å². The molecule has 0 heterocycles. The molecular formula is C16H31N5O5. The van der Waals surface area contributed by atoms with Crippen molar-refractivity contribution in [1.82, 2.24) is 16.0 Å². The maximum Gasteiger partial charge on any atom is 0.325 e. The summed E-state index contributed by atoms with van der Waals surface area (Å²) < 4.78 is 0. The second-order valence-corrected chi connectivity index (χ2v) is 6.47. The van der Waals surface area contributed by atoms with E-state index in [0.29, 0.717) is 19.4 Å². The van der Waals surface area contributed by atoms with Gasteiger partial charge in [0.25, 0.3) is 0 Å². The first-order valence-corrected chi connectivity index (χ1v) is 8.66. The minimum atomic E-state index is -1.18. The predicted octanol–water partition coefficient (Wildman–Crippen LogP) is -1.71. The summed E-state index contributed by atoms with van der Waals surface area (Å²) >= 11 is 0. The normalized spacial score (nSPS) is 14.2. The number of amides is 3. The van der Waals surface area contributed by atoms with Crippen molar-refractivity contribution < 1.29 is 24.3 Å². The first-order valence-electron chi connectivity index (χ1n) is 8.66. The van der Waals surface area contributed by atoms with Crippen molar-refractivity contribution in [3.8, 4) is 0 Å². The summed E-state index contributed by atoms with van der Waals surface area (Å²) in [4.78, 5) is 46.8. The molecule has 0 aromatic heterocycles. The van der Waals surface area contributed by atoms with Crippen molar-refractivity contribution in [3.05, 3.63) is 0 Å². The van der Waals surface area contributed by atoms with Crippen molar-refractivity contribution in [2.45, 2.75) is 58.2 Å². The Labute approximate surface area is 153 Å². The monoisotopic (exact) mass is 373 g/mol. The Kier molecular flexibility index (Phi) is 11.2. The van der Waals surface area contributed by atoms with Gasteiger partial charge in [0.05, 0.1) is 12.6 Å². The van der Waals surface area contributed by atoms with Crippen molar-refractivity contribution >= 4 is 23.7 Å². The fourth-order valence-corrected chi connectivity index (χ4v) is 2.06. The van der Waals surface area contributed by atoms with Gasteiger partial charge in [-0.15, -0.1) is 0 Å². The van der Waals surface area contributed by atoms with Crippen LogP contribution in [-0.2, 0) is 19.2 Å². The number of carbonyl (C=O) groups excluding carboxylic acids is 3. The van der Waals surface area contributed by atoms with Gasteiger partial charge in [-0.3, -0.25) is 19.2 Å². The second kappa shape index (κ2) is 12.2. The zero-order chi connectivity index (χ0) is 20.3. The van der Waals surface area contributed by atoms with Crippen LogP contribution in [0.2, 0.25) is 0 Å². The summed E-state index contributed by atoms with van der Waals surface area (Å²) in [5.41, 5.74) is 11.1. The van der Waals surface area contributed by atoms with E-state index < -0.39 is 41.8 Å². The van der Waals surface area contributed by atoms with Crippen molar-refractivity contribution in [3.63, 3.8) is 0 Å². The van der Waals surface area contributed by atoms with Gasteiger partial charge in [-0.1, -0.05) is 20.3 Å². The smallest absolute Gasteiger partial charge is 0.325 e. The molecule has 0 bridgehead atoms. The summed E-state index contributed by atoms with van der Waals surface area (Å²) in [7, 11) is 0. The molecule has 10 nitrogen and oxygen atoms in total. The topological polar surface area (TPSA) is 177 Å². The van der Waals surface area contributed by atoms with Crippen LogP contribution in [0.5, 0.6) is 0 Å². The summed E-state index contributed by atoms with van der Waals surface area (Å²) in [6.45, 7) is 4.94. The van der Waals surface area contributed by atoms with Gasteiger partial charge >= 0.3 is 5.97 Å². The maximum absolute atomic E-state index is 12.1. The van der Waals surface area contributed by atoms with Gasteiger partial charge in [0.2, 0.25) is 17.7 Å². The Bertz CT molecular complexity index is 497. The first kappa shape index (κ1) is 23.8. The third kappa shape index (κ3) is 9.33. The lowest BCUT2D eigenvalue weighted by atomic mass is 10.0. The van der Waals surface area contributed by atoms with Crippen LogP contribution in [0, 0.1) is 5.92 Å². The van der Waals surface area contributed by atoms with Crippen LogP contribution in [0.1, 0.15) is 40.0 Å². The van der Waals surface area contributed by atoms with Crippen molar-refractivity contribution in [2.75, 3.05) is 13.1 Å². The maximum atomic E-state index is 12.1. The molecule has 0 saturated heterocycles. The number of nitrogens with one attached hydrogen (secondary N) is 3. The number of carbonyl (C=O) groups is 4. The molecule has 0 saturated carbocycles. The van der Waals surface area contributed by atoms with E-state index in [0.717, 1.165) is 6.42 Å². The van der Waals surface area contributed by atoms with Gasteiger partial charge in [-0.05, 0) is 32.2 Å². The van der Waals surface area contributed by atoms with Crippen LogP contribution >= 0.6 is 0 Å². The third-order valence-corrected chi connectivity index (χ3v) is 3.72. The molecule has 0 aliphatic rings.